The molecule has 10 nitrogen and oxygen atoms in total. The molecule has 5 rings (SSSR count). The van der Waals surface area contributed by atoms with E-state index in [0.717, 1.165) is 10.5 Å². The lowest BCUT2D eigenvalue weighted by Gasteiger charge is -2.41. The van der Waals surface area contributed by atoms with E-state index >= 15 is 0 Å². The smallest absolute Gasteiger partial charge is 0.348 e. The fourth-order valence-corrected chi connectivity index (χ4v) is 3.40. The monoisotopic (exact) mass is 382 g/mol. The third-order valence-corrected chi connectivity index (χ3v) is 4.71. The van der Waals surface area contributed by atoms with E-state index < -0.39 is 18.2 Å². The maximum Gasteiger partial charge on any atom is 0.348 e. The molecule has 1 aromatic carbocycles. The highest BCUT2D eigenvalue weighted by Gasteiger charge is 2.49. The molecule has 0 radical (unpaired) electrons. The number of para-hydroxylation sites is 1. The number of hydrogen-bond acceptors (Lipinski definition) is 10. The maximum atomic E-state index is 15.0. The third-order valence-electron chi connectivity index (χ3n) is 4.71. The van der Waals surface area contributed by atoms with Gasteiger partial charge in [0, 0.05) is 5.56 Å². The zero-order valence-electron chi connectivity index (χ0n) is 14.9. The van der Waals surface area contributed by atoms with E-state index in [-0.39, 0.29) is 11.8 Å². The van der Waals surface area contributed by atoms with Crippen LogP contribution in [0, 0.1) is 11.5 Å². The number of rotatable bonds is 2. The minimum Gasteiger partial charge on any atom is -0.382 e. The number of hydrazine groups is 1. The molecule has 0 bridgehead atoms. The average molecular weight is 382 g/mol. The number of fused-ring (bicyclic) bond motifs is 6. The summed E-state index contributed by atoms with van der Waals surface area (Å²) in [5.74, 6) is 0.509. The molecule has 4 heterocycles. The number of nitriles is 1. The van der Waals surface area contributed by atoms with Gasteiger partial charge in [-0.1, -0.05) is 23.4 Å². The lowest BCUT2D eigenvalue weighted by molar-refractivity contribution is 0.0661. The molecule has 3 aliphatic heterocycles. The van der Waals surface area contributed by atoms with Crippen LogP contribution in [-0.4, -0.2) is 37.9 Å². The minimum absolute atomic E-state index is 0.0643. The van der Waals surface area contributed by atoms with Crippen molar-refractivity contribution in [3.8, 4) is 6.19 Å². The van der Waals surface area contributed by atoms with Crippen molar-refractivity contribution in [1.29, 1.82) is 5.26 Å². The molecule has 1 aromatic heterocycles. The summed E-state index contributed by atoms with van der Waals surface area (Å²) < 4.78 is 20.3. The molecule has 2 atom stereocenters. The Hall–Kier alpha value is -3.65. The molecule has 0 amide bonds. The summed E-state index contributed by atoms with van der Waals surface area (Å²) in [5.41, 5.74) is 0.109. The van der Waals surface area contributed by atoms with Crippen LogP contribution in [-0.2, 0) is 5.60 Å². The van der Waals surface area contributed by atoms with Gasteiger partial charge in [0.2, 0.25) is 5.82 Å². The van der Waals surface area contributed by atoms with Crippen LogP contribution in [0.25, 0.3) is 0 Å². The van der Waals surface area contributed by atoms with E-state index in [0.29, 0.717) is 11.5 Å². The zero-order valence-corrected chi connectivity index (χ0v) is 14.9. The SMILES string of the molecule is CC(C)(O)c1noc(N2C=NC3c4ccccc4N4C(=CN(C#N)C4F)N32)n1. The van der Waals surface area contributed by atoms with Crippen LogP contribution in [0.1, 0.15) is 31.4 Å². The van der Waals surface area contributed by atoms with Crippen LogP contribution >= 0.6 is 0 Å². The Morgan fingerprint density at radius 1 is 1.32 bits per heavy atom. The first kappa shape index (κ1) is 16.5. The van der Waals surface area contributed by atoms with E-state index in [9.17, 15) is 14.8 Å². The molecule has 2 aromatic rings. The Kier molecular flexibility index (Phi) is 3.20. The zero-order chi connectivity index (χ0) is 19.6. The first-order chi connectivity index (χ1) is 13.4. The van der Waals surface area contributed by atoms with Gasteiger partial charge in [-0.25, -0.2) is 14.9 Å². The van der Waals surface area contributed by atoms with Gasteiger partial charge in [-0.3, -0.25) is 4.90 Å². The number of halogens is 1. The molecule has 0 saturated heterocycles. The number of aliphatic hydroxyl groups is 1. The highest BCUT2D eigenvalue weighted by atomic mass is 19.1. The van der Waals surface area contributed by atoms with Crippen LogP contribution in [0.15, 0.2) is 45.8 Å². The summed E-state index contributed by atoms with van der Waals surface area (Å²) >= 11 is 0. The van der Waals surface area contributed by atoms with Gasteiger partial charge in [0.05, 0.1) is 11.9 Å². The molecule has 2 unspecified atom stereocenters. The molecule has 1 N–H and O–H groups in total. The average Bonchev–Trinajstić information content (AvgIpc) is 3.37. The first-order valence-electron chi connectivity index (χ1n) is 8.50. The lowest BCUT2D eigenvalue weighted by atomic mass is 10.1. The van der Waals surface area contributed by atoms with Crippen molar-refractivity contribution in [2.24, 2.45) is 4.99 Å². The van der Waals surface area contributed by atoms with Crippen molar-refractivity contribution in [3.63, 3.8) is 0 Å². The van der Waals surface area contributed by atoms with E-state index in [1.54, 1.807) is 31.0 Å². The van der Waals surface area contributed by atoms with Crippen LogP contribution in [0.3, 0.4) is 0 Å². The fourth-order valence-electron chi connectivity index (χ4n) is 3.40. The number of aliphatic imine (C=N–C) groups is 1. The first-order valence-corrected chi connectivity index (χ1v) is 8.50. The van der Waals surface area contributed by atoms with Crippen molar-refractivity contribution in [2.75, 3.05) is 9.91 Å². The number of benzene rings is 1. The second-order valence-corrected chi connectivity index (χ2v) is 7.02. The van der Waals surface area contributed by atoms with E-state index in [1.165, 1.54) is 22.4 Å². The van der Waals surface area contributed by atoms with Gasteiger partial charge < -0.3 is 9.63 Å². The van der Waals surface area contributed by atoms with Gasteiger partial charge in [0.1, 0.15) is 11.9 Å². The van der Waals surface area contributed by atoms with Crippen LogP contribution < -0.4 is 9.91 Å². The summed E-state index contributed by atoms with van der Waals surface area (Å²) in [6.45, 7) is 3.08. The minimum atomic E-state index is -1.68. The van der Waals surface area contributed by atoms with Crippen molar-refractivity contribution in [1.82, 2.24) is 20.0 Å². The third kappa shape index (κ3) is 2.12. The molecule has 0 saturated carbocycles. The highest BCUT2D eigenvalue weighted by Crippen LogP contribution is 2.48. The Labute approximate surface area is 159 Å². The summed E-state index contributed by atoms with van der Waals surface area (Å²) in [7, 11) is 0. The molecule has 3 aliphatic rings. The van der Waals surface area contributed by atoms with Crippen molar-refractivity contribution in [3.05, 3.63) is 47.7 Å². The topological polar surface area (TPSA) is 108 Å². The molecular formula is C17H15FN8O2. The second kappa shape index (κ2) is 5.43. The van der Waals surface area contributed by atoms with E-state index in [1.807, 2.05) is 18.3 Å². The van der Waals surface area contributed by atoms with Crippen LogP contribution in [0.5, 0.6) is 0 Å². The van der Waals surface area contributed by atoms with Crippen LogP contribution in [0.2, 0.25) is 0 Å². The van der Waals surface area contributed by atoms with Gasteiger partial charge in [0.15, 0.2) is 18.2 Å². The summed E-state index contributed by atoms with van der Waals surface area (Å²) in [4.78, 5) is 11.1. The summed E-state index contributed by atoms with van der Waals surface area (Å²) in [5, 5.41) is 26.3. The van der Waals surface area contributed by atoms with Crippen LogP contribution in [0.4, 0.5) is 16.1 Å². The summed E-state index contributed by atoms with van der Waals surface area (Å²) in [6, 6.07) is 7.34. The number of aromatic nitrogens is 2. The normalized spacial score (nSPS) is 22.8. The Morgan fingerprint density at radius 3 is 2.82 bits per heavy atom. The predicted molar refractivity (Wildman–Crippen MR) is 94.4 cm³/mol. The van der Waals surface area contributed by atoms with Gasteiger partial charge in [-0.05, 0) is 19.9 Å². The predicted octanol–water partition coefficient (Wildman–Crippen LogP) is 1.73. The molecule has 0 spiro atoms. The maximum absolute atomic E-state index is 15.0. The number of nitrogens with zero attached hydrogens (tertiary/aromatic N) is 8. The van der Waals surface area contributed by atoms with Gasteiger partial charge in [-0.2, -0.15) is 19.6 Å². The molecule has 11 heteroatoms. The molecule has 28 heavy (non-hydrogen) atoms. The van der Waals surface area contributed by atoms with Gasteiger partial charge in [-0.15, -0.1) is 0 Å². The molecule has 0 aliphatic carbocycles. The lowest BCUT2D eigenvalue weighted by Crippen LogP contribution is -2.48. The van der Waals surface area contributed by atoms with E-state index in [4.69, 9.17) is 4.52 Å². The molecular weight excluding hydrogens is 367 g/mol. The van der Waals surface area contributed by atoms with Gasteiger partial charge >= 0.3 is 6.01 Å². The standard InChI is InChI=1S/C17H15FN8O2/c1-17(2,27)14-21-16(28-22-14)24-9-20-13-10-5-3-4-6-11(10)25-12(26(13)24)7-23(8-19)15(25)18/h3-7,9,13,15,27H,1-2H3. The number of alkyl halides is 1. The molecule has 0 fully saturated rings. The largest absolute Gasteiger partial charge is 0.382 e. The number of anilines is 2. The second-order valence-electron chi connectivity index (χ2n) is 7.02. The Bertz CT molecular complexity index is 1050. The number of hydrogen-bond donors (Lipinski definition) is 1. The molecule has 142 valence electrons. The van der Waals surface area contributed by atoms with Gasteiger partial charge in [0.25, 0.3) is 6.42 Å². The Balaban J connectivity index is 1.62. The van der Waals surface area contributed by atoms with Crippen molar-refractivity contribution in [2.45, 2.75) is 32.0 Å². The van der Waals surface area contributed by atoms with Crippen molar-refractivity contribution >= 4 is 18.0 Å². The fraction of sp³-hybridized carbons (Fsp3) is 0.294. The summed E-state index contributed by atoms with van der Waals surface area (Å²) in [6.07, 6.45) is 2.56. The quantitative estimate of drug-likeness (QED) is 0.613. The van der Waals surface area contributed by atoms with Crippen molar-refractivity contribution < 1.29 is 14.0 Å². The Morgan fingerprint density at radius 2 is 2.11 bits per heavy atom. The van der Waals surface area contributed by atoms with E-state index in [2.05, 4.69) is 15.1 Å². The highest BCUT2D eigenvalue weighted by molar-refractivity contribution is 5.79.